The predicted molar refractivity (Wildman–Crippen MR) is 101 cm³/mol. The van der Waals surface area contributed by atoms with Crippen molar-refractivity contribution in [2.75, 3.05) is 26.9 Å². The molecule has 1 amide bonds. The molecule has 3 aromatic rings. The van der Waals surface area contributed by atoms with Gasteiger partial charge in [-0.2, -0.15) is 4.99 Å². The number of amides is 1. The molecule has 0 fully saturated rings. The fourth-order valence-electron chi connectivity index (χ4n) is 2.79. The molecule has 0 unspecified atom stereocenters. The minimum atomic E-state index is -0.375. The van der Waals surface area contributed by atoms with Gasteiger partial charge in [0.2, 0.25) is 0 Å². The molecule has 0 aliphatic carbocycles. The van der Waals surface area contributed by atoms with Crippen LogP contribution in [0, 0.1) is 0 Å². The third-order valence-electron chi connectivity index (χ3n) is 4.11. The number of hydrogen-bond acceptors (Lipinski definition) is 6. The van der Waals surface area contributed by atoms with Crippen molar-refractivity contribution in [2.45, 2.75) is 0 Å². The van der Waals surface area contributed by atoms with Gasteiger partial charge >= 0.3 is 0 Å². The first-order valence-electron chi connectivity index (χ1n) is 8.38. The van der Waals surface area contributed by atoms with Gasteiger partial charge in [0.15, 0.2) is 34.4 Å². The van der Waals surface area contributed by atoms with Gasteiger partial charge in [-0.3, -0.25) is 4.79 Å². The van der Waals surface area contributed by atoms with Crippen LogP contribution in [0.15, 0.2) is 41.4 Å². The van der Waals surface area contributed by atoms with Crippen molar-refractivity contribution in [2.24, 2.45) is 12.0 Å². The van der Waals surface area contributed by atoms with Crippen molar-refractivity contribution in [1.82, 2.24) is 4.57 Å². The lowest BCUT2D eigenvalue weighted by Crippen LogP contribution is -2.17. The van der Waals surface area contributed by atoms with Crippen molar-refractivity contribution in [1.29, 1.82) is 0 Å². The summed E-state index contributed by atoms with van der Waals surface area (Å²) in [6.07, 6.45) is 0. The summed E-state index contributed by atoms with van der Waals surface area (Å²) in [6.45, 7) is 0.895. The van der Waals surface area contributed by atoms with Crippen LogP contribution in [0.25, 0.3) is 10.2 Å². The number of para-hydroxylation sites is 2. The first kappa shape index (κ1) is 17.4. The molecular formula is C19H18N2O5S. The molecule has 1 aliphatic rings. The quantitative estimate of drug-likeness (QED) is 0.689. The molecule has 0 atom stereocenters. The molecule has 0 N–H and O–H groups in total. The summed E-state index contributed by atoms with van der Waals surface area (Å²) in [5.41, 5.74) is 0.932. The Balaban J connectivity index is 1.58. The molecular weight excluding hydrogens is 368 g/mol. The molecule has 0 radical (unpaired) electrons. The number of fused-ring (bicyclic) bond motifs is 2. The summed E-state index contributed by atoms with van der Waals surface area (Å²) in [5, 5.41) is 0. The van der Waals surface area contributed by atoms with Crippen LogP contribution in [-0.4, -0.2) is 37.4 Å². The lowest BCUT2D eigenvalue weighted by atomic mass is 10.3. The Morgan fingerprint density at radius 2 is 1.89 bits per heavy atom. The highest BCUT2D eigenvalue weighted by Gasteiger charge is 2.15. The molecule has 0 spiro atoms. The SMILES string of the molecule is COc1ccccc1OCC(=O)N=c1sc2cc3c(cc2n1C)OCCO3. The molecule has 1 aliphatic heterocycles. The Labute approximate surface area is 159 Å². The number of aromatic nitrogens is 1. The molecule has 2 heterocycles. The number of benzene rings is 2. The number of aryl methyl sites for hydroxylation is 1. The maximum absolute atomic E-state index is 12.3. The van der Waals surface area contributed by atoms with Gasteiger partial charge in [-0.05, 0) is 12.1 Å². The third-order valence-corrected chi connectivity index (χ3v) is 5.21. The first-order chi connectivity index (χ1) is 13.2. The zero-order chi connectivity index (χ0) is 18.8. The second-order valence-electron chi connectivity index (χ2n) is 5.85. The van der Waals surface area contributed by atoms with Crippen LogP contribution in [0.2, 0.25) is 0 Å². The molecule has 140 valence electrons. The number of methoxy groups -OCH3 is 1. The topological polar surface area (TPSA) is 71.3 Å². The van der Waals surface area contributed by atoms with E-state index in [0.717, 1.165) is 10.2 Å². The molecule has 2 aromatic carbocycles. The maximum Gasteiger partial charge on any atom is 0.286 e. The van der Waals surface area contributed by atoms with Crippen molar-refractivity contribution in [3.63, 3.8) is 0 Å². The van der Waals surface area contributed by atoms with Crippen LogP contribution in [0.5, 0.6) is 23.0 Å². The second kappa shape index (κ2) is 7.32. The zero-order valence-corrected chi connectivity index (χ0v) is 15.7. The van der Waals surface area contributed by atoms with Gasteiger partial charge in [0.1, 0.15) is 13.2 Å². The van der Waals surface area contributed by atoms with Crippen molar-refractivity contribution in [3.05, 3.63) is 41.2 Å². The maximum atomic E-state index is 12.3. The molecule has 27 heavy (non-hydrogen) atoms. The Bertz CT molecular complexity index is 1070. The van der Waals surface area contributed by atoms with Crippen LogP contribution in [0.1, 0.15) is 0 Å². The predicted octanol–water partition coefficient (Wildman–Crippen LogP) is 2.53. The number of rotatable bonds is 4. The number of nitrogens with zero attached hydrogens (tertiary/aromatic N) is 2. The average Bonchev–Trinajstić information content (AvgIpc) is 2.99. The van der Waals surface area contributed by atoms with Crippen LogP contribution < -0.4 is 23.7 Å². The Kier molecular flexibility index (Phi) is 4.72. The Hall–Kier alpha value is -3.00. The molecule has 1 aromatic heterocycles. The summed E-state index contributed by atoms with van der Waals surface area (Å²) in [7, 11) is 3.42. The Morgan fingerprint density at radius 1 is 1.19 bits per heavy atom. The molecule has 0 saturated heterocycles. The monoisotopic (exact) mass is 386 g/mol. The number of carbonyl (C=O) groups excluding carboxylic acids is 1. The van der Waals surface area contributed by atoms with Crippen molar-refractivity contribution >= 4 is 27.5 Å². The average molecular weight is 386 g/mol. The zero-order valence-electron chi connectivity index (χ0n) is 14.9. The van der Waals surface area contributed by atoms with Crippen LogP contribution >= 0.6 is 11.3 Å². The second-order valence-corrected chi connectivity index (χ2v) is 6.86. The summed E-state index contributed by atoms with van der Waals surface area (Å²) in [6, 6.07) is 11.0. The number of thiazole rings is 1. The minimum Gasteiger partial charge on any atom is -0.493 e. The fourth-order valence-corrected chi connectivity index (χ4v) is 3.83. The van der Waals surface area contributed by atoms with Gasteiger partial charge in [-0.15, -0.1) is 0 Å². The van der Waals surface area contributed by atoms with Gasteiger partial charge in [-0.1, -0.05) is 23.5 Å². The summed E-state index contributed by atoms with van der Waals surface area (Å²) >= 11 is 1.41. The van der Waals surface area contributed by atoms with Gasteiger partial charge in [-0.25, -0.2) is 0 Å². The van der Waals surface area contributed by atoms with E-state index >= 15 is 0 Å². The molecule has 7 nitrogen and oxygen atoms in total. The highest BCUT2D eigenvalue weighted by molar-refractivity contribution is 7.16. The smallest absolute Gasteiger partial charge is 0.286 e. The normalized spacial score (nSPS) is 13.6. The lowest BCUT2D eigenvalue weighted by Gasteiger charge is -2.18. The standard InChI is InChI=1S/C19H18N2O5S/c1-21-12-9-15-16(25-8-7-24-15)10-17(12)27-19(21)20-18(22)11-26-14-6-4-3-5-13(14)23-2/h3-6,9-10H,7-8,11H2,1-2H3. The highest BCUT2D eigenvalue weighted by Crippen LogP contribution is 2.35. The molecule has 8 heteroatoms. The Morgan fingerprint density at radius 3 is 2.63 bits per heavy atom. The van der Waals surface area contributed by atoms with E-state index in [9.17, 15) is 4.79 Å². The van der Waals surface area contributed by atoms with E-state index in [-0.39, 0.29) is 12.5 Å². The van der Waals surface area contributed by atoms with Crippen LogP contribution in [0.3, 0.4) is 0 Å². The van der Waals surface area contributed by atoms with E-state index in [4.69, 9.17) is 18.9 Å². The fraction of sp³-hybridized carbons (Fsp3) is 0.263. The van der Waals surface area contributed by atoms with E-state index < -0.39 is 0 Å². The van der Waals surface area contributed by atoms with Gasteiger partial charge in [0.05, 0.1) is 17.3 Å². The van der Waals surface area contributed by atoms with E-state index in [2.05, 4.69) is 4.99 Å². The van der Waals surface area contributed by atoms with Gasteiger partial charge in [0.25, 0.3) is 5.91 Å². The molecule has 0 bridgehead atoms. The number of ether oxygens (including phenoxy) is 4. The van der Waals surface area contributed by atoms with E-state index in [1.165, 1.54) is 11.3 Å². The van der Waals surface area contributed by atoms with Crippen molar-refractivity contribution in [3.8, 4) is 23.0 Å². The van der Waals surface area contributed by atoms with E-state index in [0.29, 0.717) is 41.0 Å². The van der Waals surface area contributed by atoms with E-state index in [1.54, 1.807) is 19.2 Å². The largest absolute Gasteiger partial charge is 0.493 e. The van der Waals surface area contributed by atoms with Gasteiger partial charge in [0, 0.05) is 19.2 Å². The highest BCUT2D eigenvalue weighted by atomic mass is 32.1. The number of carbonyl (C=O) groups is 1. The first-order valence-corrected chi connectivity index (χ1v) is 9.20. The lowest BCUT2D eigenvalue weighted by molar-refractivity contribution is -0.120. The van der Waals surface area contributed by atoms with Gasteiger partial charge < -0.3 is 23.5 Å². The molecule has 4 rings (SSSR count). The van der Waals surface area contributed by atoms with E-state index in [1.807, 2.05) is 35.9 Å². The molecule has 0 saturated carbocycles. The summed E-state index contributed by atoms with van der Waals surface area (Å²) < 4.78 is 24.8. The number of hydrogen-bond donors (Lipinski definition) is 0. The van der Waals surface area contributed by atoms with Crippen LogP contribution in [-0.2, 0) is 11.8 Å². The third kappa shape index (κ3) is 3.48. The minimum absolute atomic E-state index is 0.169. The summed E-state index contributed by atoms with van der Waals surface area (Å²) in [5.74, 6) is 2.13. The van der Waals surface area contributed by atoms with Crippen LogP contribution in [0.4, 0.5) is 0 Å². The summed E-state index contributed by atoms with van der Waals surface area (Å²) in [4.78, 5) is 17.1. The van der Waals surface area contributed by atoms with Crippen molar-refractivity contribution < 1.29 is 23.7 Å².